The molecule has 12 nitrogen and oxygen atoms in total. The lowest BCUT2D eigenvalue weighted by atomic mass is 10.2. The summed E-state index contributed by atoms with van der Waals surface area (Å²) in [6.45, 7) is 7.41. The lowest BCUT2D eigenvalue weighted by molar-refractivity contribution is -0.139. The number of unbranched alkanes of at least 4 members (excludes halogenated alkanes) is 1. The fourth-order valence-electron chi connectivity index (χ4n) is 1.75. The first kappa shape index (κ1) is 36.2. The smallest absolute Gasteiger partial charge is 0.303 e. The van der Waals surface area contributed by atoms with Crippen molar-refractivity contribution in [3.63, 3.8) is 0 Å². The van der Waals surface area contributed by atoms with Gasteiger partial charge in [-0.05, 0) is 19.3 Å². The molecule has 0 atom stereocenters. The third-order valence-corrected chi connectivity index (χ3v) is 3.20. The Labute approximate surface area is 196 Å². The lowest BCUT2D eigenvalue weighted by Crippen LogP contribution is -2.10. The van der Waals surface area contributed by atoms with E-state index in [4.69, 9.17) is 49.2 Å². The van der Waals surface area contributed by atoms with Crippen molar-refractivity contribution in [2.45, 2.75) is 39.0 Å². The summed E-state index contributed by atoms with van der Waals surface area (Å²) in [5.41, 5.74) is 0. The van der Waals surface area contributed by atoms with Gasteiger partial charge in [-0.25, -0.2) is 0 Å². The summed E-state index contributed by atoms with van der Waals surface area (Å²) in [5, 5.41) is 41.2. The fraction of sp³-hybridized carbons (Fsp3) is 0.905. The number of carboxylic acid groups (broad SMARTS) is 2. The van der Waals surface area contributed by atoms with Crippen LogP contribution in [0.2, 0.25) is 0 Å². The first-order valence-corrected chi connectivity index (χ1v) is 11.1. The predicted molar refractivity (Wildman–Crippen MR) is 119 cm³/mol. The van der Waals surface area contributed by atoms with E-state index in [1.807, 2.05) is 0 Å². The van der Waals surface area contributed by atoms with Crippen LogP contribution in [0.5, 0.6) is 0 Å². The van der Waals surface area contributed by atoms with Gasteiger partial charge in [-0.15, -0.1) is 0 Å². The normalized spacial score (nSPS) is 10.1. The van der Waals surface area contributed by atoms with Gasteiger partial charge in [-0.1, -0.05) is 6.92 Å². The Kier molecular flexibility index (Phi) is 38.6. The Bertz CT molecular complexity index is 348. The largest absolute Gasteiger partial charge is 0.481 e. The maximum atomic E-state index is 9.90. The molecule has 33 heavy (non-hydrogen) atoms. The van der Waals surface area contributed by atoms with Crippen molar-refractivity contribution in [1.29, 1.82) is 0 Å². The highest BCUT2D eigenvalue weighted by atomic mass is 16.5. The maximum Gasteiger partial charge on any atom is 0.303 e. The van der Waals surface area contributed by atoms with Gasteiger partial charge in [0, 0.05) is 19.4 Å². The zero-order chi connectivity index (χ0) is 25.4. The summed E-state index contributed by atoms with van der Waals surface area (Å²) in [6.07, 6.45) is 2.06. The molecule has 0 unspecified atom stereocenters. The molecule has 0 rings (SSSR count). The van der Waals surface area contributed by atoms with Crippen LogP contribution in [0.25, 0.3) is 0 Å². The van der Waals surface area contributed by atoms with Gasteiger partial charge in [0.05, 0.1) is 79.3 Å². The van der Waals surface area contributed by atoms with Crippen LogP contribution in [0.4, 0.5) is 0 Å². The fourth-order valence-corrected chi connectivity index (χ4v) is 1.75. The third kappa shape index (κ3) is 49.0. The second kappa shape index (κ2) is 35.2. The van der Waals surface area contributed by atoms with Gasteiger partial charge in [0.25, 0.3) is 0 Å². The highest BCUT2D eigenvalue weighted by Crippen LogP contribution is 1.98. The molecular weight excluding hydrogens is 444 g/mol. The Balaban J connectivity index is -0.000000415. The molecule has 0 radical (unpaired) electrons. The number of carbonyl (C=O) groups is 2. The summed E-state index contributed by atoms with van der Waals surface area (Å²) < 4.78 is 25.1. The molecule has 0 aromatic carbocycles. The first-order chi connectivity index (χ1) is 16.0. The number of aliphatic hydroxyl groups is 3. The van der Waals surface area contributed by atoms with E-state index in [1.165, 1.54) is 0 Å². The molecule has 5 N–H and O–H groups in total. The van der Waals surface area contributed by atoms with Gasteiger partial charge in [-0.3, -0.25) is 9.59 Å². The second-order valence-electron chi connectivity index (χ2n) is 6.23. The molecule has 0 heterocycles. The zero-order valence-electron chi connectivity index (χ0n) is 19.8. The maximum absolute atomic E-state index is 9.90. The second-order valence-corrected chi connectivity index (χ2v) is 6.23. The standard InChI is InChI=1S/C9H20O4.C6H14O4.C6H10O4/c1-2-4-11-6-8-13-9-7-12-5-3-10;7-1-3-9-5-6-10-4-2-8;7-5(8)3-1-2-4-6(9)10/h10H,2-9H2,1H3;7-8H,1-6H2;1-4H2,(H,7,8)(H,9,10). The van der Waals surface area contributed by atoms with Crippen LogP contribution in [0, 0.1) is 0 Å². The number of ether oxygens (including phenoxy) is 5. The van der Waals surface area contributed by atoms with Gasteiger partial charge >= 0.3 is 11.9 Å². The summed E-state index contributed by atoms with van der Waals surface area (Å²) in [7, 11) is 0. The molecule has 200 valence electrons. The van der Waals surface area contributed by atoms with Gasteiger partial charge in [0.1, 0.15) is 0 Å². The number of aliphatic hydroxyl groups excluding tert-OH is 3. The molecule has 0 aliphatic rings. The van der Waals surface area contributed by atoms with Crippen LogP contribution >= 0.6 is 0 Å². The summed E-state index contributed by atoms with van der Waals surface area (Å²) >= 11 is 0. The van der Waals surface area contributed by atoms with Gasteiger partial charge in [0.15, 0.2) is 0 Å². The number of hydrogen-bond donors (Lipinski definition) is 5. The third-order valence-electron chi connectivity index (χ3n) is 3.20. The lowest BCUT2D eigenvalue weighted by Gasteiger charge is -2.05. The Morgan fingerprint density at radius 1 is 0.515 bits per heavy atom. The molecule has 0 bridgehead atoms. The Hall–Kier alpha value is -1.38. The quantitative estimate of drug-likeness (QED) is 0.130. The molecular formula is C21H44O12. The molecule has 0 aliphatic heterocycles. The van der Waals surface area contributed by atoms with Crippen molar-refractivity contribution in [2.24, 2.45) is 0 Å². The van der Waals surface area contributed by atoms with E-state index in [0.29, 0.717) is 72.3 Å². The molecule has 0 aromatic heterocycles. The number of carboxylic acids is 2. The number of rotatable bonds is 22. The van der Waals surface area contributed by atoms with Crippen molar-refractivity contribution >= 4 is 11.9 Å². The zero-order valence-corrected chi connectivity index (χ0v) is 19.8. The number of aliphatic carboxylic acids is 2. The van der Waals surface area contributed by atoms with E-state index in [2.05, 4.69) is 6.92 Å². The van der Waals surface area contributed by atoms with E-state index >= 15 is 0 Å². The highest BCUT2D eigenvalue weighted by molar-refractivity contribution is 5.67. The number of hydrogen-bond acceptors (Lipinski definition) is 10. The minimum atomic E-state index is -0.870. The van der Waals surface area contributed by atoms with Gasteiger partial charge in [-0.2, -0.15) is 0 Å². The van der Waals surface area contributed by atoms with Crippen LogP contribution < -0.4 is 0 Å². The monoisotopic (exact) mass is 488 g/mol. The molecule has 0 saturated carbocycles. The SMILES string of the molecule is CCCOCCOCCOCCO.O=C(O)CCCCC(=O)O.OCCOCCOCCO. The van der Waals surface area contributed by atoms with Crippen molar-refractivity contribution < 1.29 is 58.8 Å². The van der Waals surface area contributed by atoms with Crippen LogP contribution in [0.1, 0.15) is 39.0 Å². The van der Waals surface area contributed by atoms with Gasteiger partial charge in [0.2, 0.25) is 0 Å². The van der Waals surface area contributed by atoms with Crippen LogP contribution in [-0.2, 0) is 33.3 Å². The van der Waals surface area contributed by atoms with E-state index in [-0.39, 0.29) is 32.7 Å². The van der Waals surface area contributed by atoms with Crippen molar-refractivity contribution in [3.8, 4) is 0 Å². The summed E-state index contributed by atoms with van der Waals surface area (Å²) in [6, 6.07) is 0. The van der Waals surface area contributed by atoms with Crippen molar-refractivity contribution in [3.05, 3.63) is 0 Å². The van der Waals surface area contributed by atoms with E-state index in [9.17, 15) is 9.59 Å². The van der Waals surface area contributed by atoms with Crippen molar-refractivity contribution in [1.82, 2.24) is 0 Å². The first-order valence-electron chi connectivity index (χ1n) is 11.1. The predicted octanol–water partition coefficient (Wildman–Crippen LogP) is 0.159. The molecule has 0 spiro atoms. The van der Waals surface area contributed by atoms with E-state index < -0.39 is 11.9 Å². The van der Waals surface area contributed by atoms with Gasteiger partial charge < -0.3 is 49.2 Å². The molecule has 0 amide bonds. The molecule has 0 aromatic rings. The average Bonchev–Trinajstić information content (AvgIpc) is 2.79. The molecule has 0 aliphatic carbocycles. The minimum absolute atomic E-state index is 0.0417. The average molecular weight is 489 g/mol. The van der Waals surface area contributed by atoms with Crippen molar-refractivity contribution in [2.75, 3.05) is 85.9 Å². The Morgan fingerprint density at radius 3 is 1.03 bits per heavy atom. The molecule has 12 heteroatoms. The summed E-state index contributed by atoms with van der Waals surface area (Å²) in [4.78, 5) is 19.8. The van der Waals surface area contributed by atoms with Crippen LogP contribution in [-0.4, -0.2) is 123 Å². The Morgan fingerprint density at radius 2 is 0.788 bits per heavy atom. The molecule has 0 fully saturated rings. The van der Waals surface area contributed by atoms with E-state index in [0.717, 1.165) is 13.0 Å². The van der Waals surface area contributed by atoms with Crippen LogP contribution in [0.15, 0.2) is 0 Å². The van der Waals surface area contributed by atoms with Crippen LogP contribution in [0.3, 0.4) is 0 Å². The highest BCUT2D eigenvalue weighted by Gasteiger charge is 1.99. The summed E-state index contributed by atoms with van der Waals surface area (Å²) in [5.74, 6) is -1.74. The minimum Gasteiger partial charge on any atom is -0.481 e. The van der Waals surface area contributed by atoms with E-state index in [1.54, 1.807) is 0 Å². The molecule has 0 saturated heterocycles. The topological polar surface area (TPSA) is 181 Å².